The monoisotopic (exact) mass is 408 g/mol. The zero-order chi connectivity index (χ0) is 21.4. The maximum atomic E-state index is 13.3. The highest BCUT2D eigenvalue weighted by Gasteiger charge is 2.35. The van der Waals surface area contributed by atoms with E-state index in [0.29, 0.717) is 42.3 Å². The van der Waals surface area contributed by atoms with Crippen LogP contribution in [0.4, 0.5) is 0 Å². The summed E-state index contributed by atoms with van der Waals surface area (Å²) < 4.78 is 10.8. The molecule has 7 heteroatoms. The average molecular weight is 408 g/mol. The highest BCUT2D eigenvalue weighted by Crippen LogP contribution is 2.38. The van der Waals surface area contributed by atoms with Crippen molar-refractivity contribution in [2.45, 2.75) is 13.5 Å². The van der Waals surface area contributed by atoms with E-state index >= 15 is 0 Å². The van der Waals surface area contributed by atoms with Crippen LogP contribution >= 0.6 is 0 Å². The number of rotatable bonds is 4. The number of amides is 1. The molecule has 0 spiro atoms. The topological polar surface area (TPSA) is 76.2 Å². The SMILES string of the molecule is COc1cccc2c1C(=O)c1c(OC)cc(CN3CCN(C(C)=O)CC3)cc1C2=O. The fourth-order valence-corrected chi connectivity index (χ4v) is 4.21. The first-order valence-electron chi connectivity index (χ1n) is 9.89. The maximum Gasteiger partial charge on any atom is 0.219 e. The molecular formula is C23H24N2O5. The van der Waals surface area contributed by atoms with Crippen LogP contribution in [0.3, 0.4) is 0 Å². The van der Waals surface area contributed by atoms with Gasteiger partial charge in [-0.25, -0.2) is 0 Å². The lowest BCUT2D eigenvalue weighted by Gasteiger charge is -2.34. The molecule has 156 valence electrons. The number of benzene rings is 2. The van der Waals surface area contributed by atoms with Crippen LogP contribution in [0.5, 0.6) is 11.5 Å². The van der Waals surface area contributed by atoms with Gasteiger partial charge in [-0.1, -0.05) is 12.1 Å². The first kappa shape index (κ1) is 20.1. The molecule has 4 rings (SSSR count). The minimum Gasteiger partial charge on any atom is -0.496 e. The summed E-state index contributed by atoms with van der Waals surface area (Å²) in [6, 6.07) is 8.65. The lowest BCUT2D eigenvalue weighted by Crippen LogP contribution is -2.47. The Morgan fingerprint density at radius 3 is 2.20 bits per heavy atom. The molecule has 1 amide bonds. The van der Waals surface area contributed by atoms with Gasteiger partial charge in [-0.2, -0.15) is 0 Å². The molecule has 0 bridgehead atoms. The summed E-state index contributed by atoms with van der Waals surface area (Å²) >= 11 is 0. The molecule has 1 aliphatic heterocycles. The molecular weight excluding hydrogens is 384 g/mol. The molecule has 2 aliphatic rings. The lowest BCUT2D eigenvalue weighted by atomic mass is 9.82. The van der Waals surface area contributed by atoms with Gasteiger partial charge in [-0.15, -0.1) is 0 Å². The quantitative estimate of drug-likeness (QED) is 0.658. The Kier molecular flexibility index (Phi) is 5.30. The number of piperazine rings is 1. The molecule has 1 aliphatic carbocycles. The number of hydrogen-bond acceptors (Lipinski definition) is 6. The molecule has 0 N–H and O–H groups in total. The number of ketones is 2. The van der Waals surface area contributed by atoms with Gasteiger partial charge in [0.25, 0.3) is 0 Å². The number of methoxy groups -OCH3 is 2. The van der Waals surface area contributed by atoms with Gasteiger partial charge in [0.15, 0.2) is 5.78 Å². The summed E-state index contributed by atoms with van der Waals surface area (Å²) in [4.78, 5) is 42.1. The predicted molar refractivity (Wildman–Crippen MR) is 110 cm³/mol. The second kappa shape index (κ2) is 7.91. The summed E-state index contributed by atoms with van der Waals surface area (Å²) in [6.45, 7) is 5.07. The van der Waals surface area contributed by atoms with Gasteiger partial charge >= 0.3 is 0 Å². The van der Waals surface area contributed by atoms with Gasteiger partial charge in [-0.3, -0.25) is 19.3 Å². The number of carbonyl (C=O) groups excluding carboxylic acids is 3. The molecule has 2 aromatic rings. The van der Waals surface area contributed by atoms with Crippen molar-refractivity contribution >= 4 is 17.5 Å². The van der Waals surface area contributed by atoms with Crippen molar-refractivity contribution in [1.29, 1.82) is 0 Å². The van der Waals surface area contributed by atoms with Crippen LogP contribution < -0.4 is 9.47 Å². The van der Waals surface area contributed by atoms with E-state index in [1.54, 1.807) is 31.2 Å². The van der Waals surface area contributed by atoms with E-state index in [0.717, 1.165) is 18.7 Å². The smallest absolute Gasteiger partial charge is 0.219 e. The number of fused-ring (bicyclic) bond motifs is 2. The minimum atomic E-state index is -0.268. The summed E-state index contributed by atoms with van der Waals surface area (Å²) in [5.74, 6) is 0.379. The second-order valence-electron chi connectivity index (χ2n) is 7.54. The van der Waals surface area contributed by atoms with Gasteiger partial charge < -0.3 is 14.4 Å². The summed E-state index contributed by atoms with van der Waals surface area (Å²) in [7, 11) is 2.98. The van der Waals surface area contributed by atoms with Crippen molar-refractivity contribution < 1.29 is 23.9 Å². The Bertz CT molecular complexity index is 1040. The fourth-order valence-electron chi connectivity index (χ4n) is 4.21. The van der Waals surface area contributed by atoms with Crippen molar-refractivity contribution in [3.63, 3.8) is 0 Å². The van der Waals surface area contributed by atoms with Crippen molar-refractivity contribution in [2.24, 2.45) is 0 Å². The van der Waals surface area contributed by atoms with Crippen LogP contribution in [-0.4, -0.2) is 67.7 Å². The molecule has 0 aromatic heterocycles. The minimum absolute atomic E-state index is 0.0864. The maximum absolute atomic E-state index is 13.3. The molecule has 0 saturated carbocycles. The van der Waals surface area contributed by atoms with E-state index in [1.165, 1.54) is 14.2 Å². The van der Waals surface area contributed by atoms with E-state index < -0.39 is 0 Å². The standard InChI is InChI=1S/C23H24N2O5/c1-14(26)25-9-7-24(8-10-25)13-15-11-17-21(19(12-15)30-3)23(28)20-16(22(17)27)5-4-6-18(20)29-2/h4-6,11-12H,7-10,13H2,1-3H3. The first-order chi connectivity index (χ1) is 14.4. The van der Waals surface area contributed by atoms with Crippen molar-refractivity contribution in [1.82, 2.24) is 9.80 Å². The molecule has 1 heterocycles. The van der Waals surface area contributed by atoms with Crippen molar-refractivity contribution in [2.75, 3.05) is 40.4 Å². The largest absolute Gasteiger partial charge is 0.496 e. The van der Waals surface area contributed by atoms with Gasteiger partial charge in [0, 0.05) is 50.8 Å². The molecule has 1 fully saturated rings. The number of hydrogen-bond donors (Lipinski definition) is 0. The Hall–Kier alpha value is -3.19. The molecule has 2 aromatic carbocycles. The average Bonchev–Trinajstić information content (AvgIpc) is 2.76. The lowest BCUT2D eigenvalue weighted by molar-refractivity contribution is -0.130. The third-order valence-corrected chi connectivity index (χ3v) is 5.80. The predicted octanol–water partition coefficient (Wildman–Crippen LogP) is 2.14. The van der Waals surface area contributed by atoms with E-state index in [2.05, 4.69) is 4.90 Å². The second-order valence-corrected chi connectivity index (χ2v) is 7.54. The third kappa shape index (κ3) is 3.35. The van der Waals surface area contributed by atoms with Gasteiger partial charge in [0.2, 0.25) is 11.7 Å². The van der Waals surface area contributed by atoms with E-state index in [9.17, 15) is 14.4 Å². The third-order valence-electron chi connectivity index (χ3n) is 5.80. The number of ether oxygens (including phenoxy) is 2. The molecule has 30 heavy (non-hydrogen) atoms. The highest BCUT2D eigenvalue weighted by atomic mass is 16.5. The van der Waals surface area contributed by atoms with Crippen LogP contribution in [-0.2, 0) is 11.3 Å². The zero-order valence-electron chi connectivity index (χ0n) is 17.4. The molecule has 7 nitrogen and oxygen atoms in total. The fraction of sp³-hybridized carbons (Fsp3) is 0.348. The highest BCUT2D eigenvalue weighted by molar-refractivity contribution is 6.30. The Balaban J connectivity index is 1.68. The zero-order valence-corrected chi connectivity index (χ0v) is 17.4. The number of nitrogens with zero attached hydrogens (tertiary/aromatic N) is 2. The number of carbonyl (C=O) groups is 3. The van der Waals surface area contributed by atoms with Crippen molar-refractivity contribution in [3.05, 3.63) is 58.1 Å². The Morgan fingerprint density at radius 1 is 0.900 bits per heavy atom. The first-order valence-corrected chi connectivity index (χ1v) is 9.89. The van der Waals surface area contributed by atoms with Gasteiger partial charge in [0.1, 0.15) is 11.5 Å². The van der Waals surface area contributed by atoms with Gasteiger partial charge in [0.05, 0.1) is 25.3 Å². The summed E-state index contributed by atoms with van der Waals surface area (Å²) in [5, 5.41) is 0. The van der Waals surface area contributed by atoms with Crippen LogP contribution in [0.15, 0.2) is 30.3 Å². The van der Waals surface area contributed by atoms with E-state index in [4.69, 9.17) is 9.47 Å². The Labute approximate surface area is 175 Å². The summed E-state index contributed by atoms with van der Waals surface area (Å²) in [6.07, 6.45) is 0. The van der Waals surface area contributed by atoms with Crippen LogP contribution in [0, 0.1) is 0 Å². The Morgan fingerprint density at radius 2 is 1.57 bits per heavy atom. The van der Waals surface area contributed by atoms with Crippen LogP contribution in [0.1, 0.15) is 44.3 Å². The summed E-state index contributed by atoms with van der Waals surface area (Å²) in [5.41, 5.74) is 2.17. The molecule has 0 unspecified atom stereocenters. The van der Waals surface area contributed by atoms with Crippen LogP contribution in [0.2, 0.25) is 0 Å². The molecule has 0 radical (unpaired) electrons. The van der Waals surface area contributed by atoms with Gasteiger partial charge in [-0.05, 0) is 23.8 Å². The molecule has 1 saturated heterocycles. The molecule has 0 atom stereocenters. The van der Waals surface area contributed by atoms with E-state index in [-0.39, 0.29) is 28.6 Å². The van der Waals surface area contributed by atoms with Crippen LogP contribution in [0.25, 0.3) is 0 Å². The normalized spacial score (nSPS) is 16.2. The van der Waals surface area contributed by atoms with Crippen molar-refractivity contribution in [3.8, 4) is 11.5 Å². The van der Waals surface area contributed by atoms with E-state index in [1.807, 2.05) is 11.0 Å².